The third-order valence-corrected chi connectivity index (χ3v) is 7.33. The van der Waals surface area contributed by atoms with E-state index in [1.165, 1.54) is 5.56 Å². The number of hydrogen-bond donors (Lipinski definition) is 1. The number of amides is 1. The van der Waals surface area contributed by atoms with Gasteiger partial charge in [0.25, 0.3) is 0 Å². The molecule has 0 radical (unpaired) electrons. The summed E-state index contributed by atoms with van der Waals surface area (Å²) >= 11 is 0. The predicted octanol–water partition coefficient (Wildman–Crippen LogP) is 4.08. The highest BCUT2D eigenvalue weighted by Crippen LogP contribution is 2.26. The molecule has 194 valence electrons. The summed E-state index contributed by atoms with van der Waals surface area (Å²) in [4.78, 5) is 31.9. The Morgan fingerprint density at radius 2 is 1.70 bits per heavy atom. The molecular formula is C28H34N6O3. The minimum absolute atomic E-state index is 0.0127. The van der Waals surface area contributed by atoms with Gasteiger partial charge in [0.2, 0.25) is 17.6 Å². The molecule has 1 saturated heterocycles. The van der Waals surface area contributed by atoms with E-state index in [9.17, 15) is 9.59 Å². The van der Waals surface area contributed by atoms with Gasteiger partial charge in [-0.15, -0.1) is 0 Å². The number of hydrogen-bond acceptors (Lipinski definition) is 6. The molecule has 1 aliphatic heterocycles. The van der Waals surface area contributed by atoms with E-state index >= 15 is 0 Å². The maximum absolute atomic E-state index is 12.9. The van der Waals surface area contributed by atoms with Crippen molar-refractivity contribution in [3.05, 3.63) is 64.4 Å². The molecule has 0 unspecified atom stereocenters. The Labute approximate surface area is 216 Å². The molecule has 2 aromatic carbocycles. The number of nitrogens with one attached hydrogen (secondary N) is 1. The fourth-order valence-electron chi connectivity index (χ4n) is 4.93. The van der Waals surface area contributed by atoms with Crippen LogP contribution in [0.5, 0.6) is 0 Å². The summed E-state index contributed by atoms with van der Waals surface area (Å²) in [6.07, 6.45) is 1.51. The Hall–Kier alpha value is -3.72. The van der Waals surface area contributed by atoms with Crippen molar-refractivity contribution in [2.75, 3.05) is 18.4 Å². The van der Waals surface area contributed by atoms with Gasteiger partial charge in [-0.3, -0.25) is 18.8 Å². The van der Waals surface area contributed by atoms with Crippen LogP contribution in [0.4, 0.5) is 5.69 Å². The molecule has 37 heavy (non-hydrogen) atoms. The average Bonchev–Trinajstić information content (AvgIpc) is 3.43. The molecule has 0 atom stereocenters. The molecule has 0 bridgehead atoms. The van der Waals surface area contributed by atoms with E-state index in [0.717, 1.165) is 42.5 Å². The Kier molecular flexibility index (Phi) is 6.49. The molecule has 0 aliphatic carbocycles. The molecule has 0 spiro atoms. The number of aryl methyl sites for hydroxylation is 2. The zero-order chi connectivity index (χ0) is 26.3. The number of piperidine rings is 1. The first-order chi connectivity index (χ1) is 17.6. The van der Waals surface area contributed by atoms with E-state index < -0.39 is 0 Å². The number of fused-ring (bicyclic) bond motifs is 1. The summed E-state index contributed by atoms with van der Waals surface area (Å²) in [6, 6.07) is 13.9. The first-order valence-electron chi connectivity index (χ1n) is 12.7. The zero-order valence-corrected chi connectivity index (χ0v) is 22.1. The van der Waals surface area contributed by atoms with Crippen LogP contribution in [0, 0.1) is 5.92 Å². The van der Waals surface area contributed by atoms with Crippen LogP contribution in [0.15, 0.2) is 51.8 Å². The summed E-state index contributed by atoms with van der Waals surface area (Å²) in [6.45, 7) is 8.70. The minimum atomic E-state index is -0.0855. The van der Waals surface area contributed by atoms with Crippen LogP contribution in [0.25, 0.3) is 22.4 Å². The predicted molar refractivity (Wildman–Crippen MR) is 143 cm³/mol. The summed E-state index contributed by atoms with van der Waals surface area (Å²) in [5.74, 6) is 1.13. The monoisotopic (exact) mass is 502 g/mol. The maximum atomic E-state index is 12.9. The second-order valence-corrected chi connectivity index (χ2v) is 11.0. The SMILES string of the molecule is Cn1c(=O)n(C)c2cc(NC(=O)C3CCN(Cc4nc(-c5ccc(C(C)(C)C)cc5)no4)CC3)ccc21. The van der Waals surface area contributed by atoms with Gasteiger partial charge in [-0.25, -0.2) is 4.79 Å². The second-order valence-electron chi connectivity index (χ2n) is 11.0. The van der Waals surface area contributed by atoms with E-state index in [1.54, 1.807) is 23.2 Å². The molecule has 1 amide bonds. The van der Waals surface area contributed by atoms with E-state index in [0.29, 0.717) is 23.9 Å². The van der Waals surface area contributed by atoms with Gasteiger partial charge in [0.1, 0.15) is 0 Å². The molecule has 0 saturated carbocycles. The first kappa shape index (κ1) is 25.0. The van der Waals surface area contributed by atoms with Crippen molar-refractivity contribution in [3.8, 4) is 11.4 Å². The van der Waals surface area contributed by atoms with Crippen molar-refractivity contribution in [2.24, 2.45) is 20.0 Å². The molecule has 1 aliphatic rings. The van der Waals surface area contributed by atoms with Crippen LogP contribution in [-0.4, -0.2) is 43.2 Å². The molecule has 9 heteroatoms. The lowest BCUT2D eigenvalue weighted by atomic mass is 9.87. The van der Waals surface area contributed by atoms with E-state index in [4.69, 9.17) is 4.52 Å². The summed E-state index contributed by atoms with van der Waals surface area (Å²) < 4.78 is 8.71. The van der Waals surface area contributed by atoms with E-state index in [1.807, 2.05) is 30.3 Å². The van der Waals surface area contributed by atoms with Gasteiger partial charge in [-0.1, -0.05) is 50.2 Å². The van der Waals surface area contributed by atoms with Crippen molar-refractivity contribution in [3.63, 3.8) is 0 Å². The Morgan fingerprint density at radius 1 is 1.03 bits per heavy atom. The summed E-state index contributed by atoms with van der Waals surface area (Å²) in [7, 11) is 3.48. The van der Waals surface area contributed by atoms with Crippen molar-refractivity contribution < 1.29 is 9.32 Å². The molecule has 5 rings (SSSR count). The normalized spacial score (nSPS) is 15.4. The second kappa shape index (κ2) is 9.63. The van der Waals surface area contributed by atoms with Crippen LogP contribution in [0.1, 0.15) is 45.1 Å². The van der Waals surface area contributed by atoms with Crippen LogP contribution >= 0.6 is 0 Å². The third kappa shape index (κ3) is 5.09. The molecule has 1 N–H and O–H groups in total. The lowest BCUT2D eigenvalue weighted by Gasteiger charge is -2.30. The molecule has 4 aromatic rings. The quantitative estimate of drug-likeness (QED) is 0.442. The Morgan fingerprint density at radius 3 is 2.38 bits per heavy atom. The van der Waals surface area contributed by atoms with E-state index in [-0.39, 0.29) is 22.9 Å². The lowest BCUT2D eigenvalue weighted by molar-refractivity contribution is -0.121. The van der Waals surface area contributed by atoms with E-state index in [2.05, 4.69) is 53.3 Å². The van der Waals surface area contributed by atoms with Crippen molar-refractivity contribution in [2.45, 2.75) is 45.6 Å². The number of imidazole rings is 1. The van der Waals surface area contributed by atoms with Crippen LogP contribution in [0.2, 0.25) is 0 Å². The molecule has 1 fully saturated rings. The van der Waals surface area contributed by atoms with Gasteiger partial charge >= 0.3 is 5.69 Å². The first-order valence-corrected chi connectivity index (χ1v) is 12.7. The van der Waals surface area contributed by atoms with Crippen LogP contribution in [-0.2, 0) is 30.8 Å². The minimum Gasteiger partial charge on any atom is -0.338 e. The van der Waals surface area contributed by atoms with Crippen LogP contribution < -0.4 is 11.0 Å². The van der Waals surface area contributed by atoms with Gasteiger partial charge in [0.05, 0.1) is 17.6 Å². The van der Waals surface area contributed by atoms with Crippen molar-refractivity contribution >= 4 is 22.6 Å². The molecular weight excluding hydrogens is 468 g/mol. The maximum Gasteiger partial charge on any atom is 0.328 e. The van der Waals surface area contributed by atoms with Gasteiger partial charge in [0.15, 0.2) is 0 Å². The highest BCUT2D eigenvalue weighted by Gasteiger charge is 2.26. The Balaban J connectivity index is 1.15. The molecule has 2 aromatic heterocycles. The highest BCUT2D eigenvalue weighted by molar-refractivity contribution is 5.94. The number of carbonyl (C=O) groups excluding carboxylic acids is 1. The fraction of sp³-hybridized carbons (Fsp3) is 0.429. The smallest absolute Gasteiger partial charge is 0.328 e. The number of nitrogens with zero attached hydrogens (tertiary/aromatic N) is 5. The topological polar surface area (TPSA) is 98.2 Å². The highest BCUT2D eigenvalue weighted by atomic mass is 16.5. The zero-order valence-electron chi connectivity index (χ0n) is 22.1. The number of likely N-dealkylation sites (tertiary alicyclic amines) is 1. The lowest BCUT2D eigenvalue weighted by Crippen LogP contribution is -2.37. The number of benzene rings is 2. The number of carbonyl (C=O) groups is 1. The summed E-state index contributed by atoms with van der Waals surface area (Å²) in [5, 5.41) is 7.20. The van der Waals surface area contributed by atoms with Crippen molar-refractivity contribution in [1.29, 1.82) is 0 Å². The fourth-order valence-corrected chi connectivity index (χ4v) is 4.93. The molecule has 3 heterocycles. The average molecular weight is 503 g/mol. The van der Waals surface area contributed by atoms with Crippen molar-refractivity contribution in [1.82, 2.24) is 24.2 Å². The molecule has 9 nitrogen and oxygen atoms in total. The standard InChI is InChI=1S/C28H34N6O3/c1-28(2,3)20-8-6-18(7-9-20)25-30-24(37-31-25)17-34-14-12-19(13-15-34)26(35)29-21-10-11-22-23(16-21)33(5)27(36)32(22)4/h6-11,16,19H,12-15,17H2,1-5H3,(H,29,35). The number of rotatable bonds is 5. The van der Waals surface area contributed by atoms with Crippen LogP contribution in [0.3, 0.4) is 0 Å². The van der Waals surface area contributed by atoms with Gasteiger partial charge in [-0.05, 0) is 55.1 Å². The third-order valence-electron chi connectivity index (χ3n) is 7.33. The van der Waals surface area contributed by atoms with Gasteiger partial charge < -0.3 is 9.84 Å². The Bertz CT molecular complexity index is 1480. The number of anilines is 1. The largest absolute Gasteiger partial charge is 0.338 e. The van der Waals surface area contributed by atoms with Gasteiger partial charge in [-0.2, -0.15) is 4.98 Å². The summed E-state index contributed by atoms with van der Waals surface area (Å²) in [5.41, 5.74) is 4.55. The number of aromatic nitrogens is 4. The van der Waals surface area contributed by atoms with Gasteiger partial charge in [0, 0.05) is 31.3 Å².